The third kappa shape index (κ3) is 2.05. The summed E-state index contributed by atoms with van der Waals surface area (Å²) in [5.74, 6) is 0.424. The number of nitrogens with zero attached hydrogens (tertiary/aromatic N) is 1. The van der Waals surface area contributed by atoms with Gasteiger partial charge in [-0.15, -0.1) is 0 Å². The molecule has 3 aromatic rings. The Morgan fingerprint density at radius 3 is 2.78 bits per heavy atom. The molecule has 1 heterocycles. The van der Waals surface area contributed by atoms with Gasteiger partial charge in [0, 0.05) is 13.6 Å². The van der Waals surface area contributed by atoms with Crippen LogP contribution in [0.15, 0.2) is 40.9 Å². The van der Waals surface area contributed by atoms with Gasteiger partial charge in [-0.2, -0.15) is 0 Å². The number of benzene rings is 2. The zero-order valence-corrected chi connectivity index (χ0v) is 12.8. The molecular weight excluding hydrogens is 410 g/mol. The molecule has 2 aromatic carbocycles. The number of aromatic amines is 1. The largest absolute Gasteiger partial charge is 0.338 e. The van der Waals surface area contributed by atoms with Crippen LogP contribution < -0.4 is 0 Å². The van der Waals surface area contributed by atoms with Crippen molar-refractivity contribution < 1.29 is 4.39 Å². The lowest BCUT2D eigenvalue weighted by Gasteiger charge is -2.02. The molecule has 18 heavy (non-hydrogen) atoms. The Balaban J connectivity index is 2.22. The van der Waals surface area contributed by atoms with Crippen LogP contribution in [0.1, 0.15) is 0 Å². The maximum Gasteiger partial charge on any atom is 0.139 e. The Morgan fingerprint density at radius 2 is 2.00 bits per heavy atom. The van der Waals surface area contributed by atoms with Crippen molar-refractivity contribution in [3.8, 4) is 11.4 Å². The molecule has 0 aliphatic carbocycles. The number of hydrogen-bond donors (Lipinski definition) is 1. The number of nitrogens with one attached hydrogen (secondary N) is 1. The fraction of sp³-hybridized carbons (Fsp3) is 0. The molecule has 0 aliphatic heterocycles. The van der Waals surface area contributed by atoms with Crippen molar-refractivity contribution in [2.45, 2.75) is 0 Å². The summed E-state index contributed by atoms with van der Waals surface area (Å²) in [5, 5.41) is 0. The smallest absolute Gasteiger partial charge is 0.139 e. The van der Waals surface area contributed by atoms with E-state index in [9.17, 15) is 4.39 Å². The van der Waals surface area contributed by atoms with Crippen molar-refractivity contribution in [2.75, 3.05) is 0 Å². The number of imidazole rings is 1. The summed E-state index contributed by atoms with van der Waals surface area (Å²) in [6.07, 6.45) is 0. The van der Waals surface area contributed by atoms with Crippen LogP contribution in [-0.4, -0.2) is 9.97 Å². The molecule has 0 spiro atoms. The van der Waals surface area contributed by atoms with Gasteiger partial charge in [-0.05, 0) is 62.8 Å². The number of H-pyrrole nitrogens is 1. The van der Waals surface area contributed by atoms with Crippen molar-refractivity contribution in [1.82, 2.24) is 9.97 Å². The van der Waals surface area contributed by atoms with E-state index in [0.717, 1.165) is 21.1 Å². The molecule has 0 fully saturated rings. The minimum absolute atomic E-state index is 0.241. The molecule has 0 saturated heterocycles. The van der Waals surface area contributed by atoms with E-state index in [1.807, 2.05) is 46.9 Å². The molecule has 1 N–H and O–H groups in total. The van der Waals surface area contributed by atoms with Gasteiger partial charge in [0.05, 0.1) is 11.0 Å². The Bertz CT molecular complexity index is 706. The van der Waals surface area contributed by atoms with Crippen LogP contribution in [-0.2, 0) is 0 Å². The van der Waals surface area contributed by atoms with E-state index in [-0.39, 0.29) is 5.82 Å². The van der Waals surface area contributed by atoms with Gasteiger partial charge in [0.1, 0.15) is 11.6 Å². The molecule has 0 saturated carbocycles. The van der Waals surface area contributed by atoms with Gasteiger partial charge in [0.25, 0.3) is 0 Å². The predicted octanol–water partition coefficient (Wildman–Crippen LogP) is 4.74. The van der Waals surface area contributed by atoms with Crippen LogP contribution in [0.3, 0.4) is 0 Å². The number of hydrogen-bond acceptors (Lipinski definition) is 1. The Morgan fingerprint density at radius 1 is 1.22 bits per heavy atom. The van der Waals surface area contributed by atoms with E-state index in [1.54, 1.807) is 6.07 Å². The highest BCUT2D eigenvalue weighted by atomic mass is 127. The molecule has 5 heteroatoms. The van der Waals surface area contributed by atoms with Crippen LogP contribution >= 0.6 is 38.5 Å². The summed E-state index contributed by atoms with van der Waals surface area (Å²) in [7, 11) is 0. The average molecular weight is 417 g/mol. The first-order valence-electron chi connectivity index (χ1n) is 5.25. The standard InChI is InChI=1S/C13H7BrFIN2/c14-8-6-10(16)9(15)5-7(8)13-17-11-3-1-2-4-12(11)18-13/h1-6H,(H,17,18). The zero-order valence-electron chi connectivity index (χ0n) is 9.05. The summed E-state index contributed by atoms with van der Waals surface area (Å²) in [4.78, 5) is 7.65. The maximum absolute atomic E-state index is 13.6. The molecule has 1 aromatic heterocycles. The van der Waals surface area contributed by atoms with E-state index in [0.29, 0.717) is 9.39 Å². The van der Waals surface area contributed by atoms with E-state index in [4.69, 9.17) is 0 Å². The summed E-state index contributed by atoms with van der Waals surface area (Å²) in [6.45, 7) is 0. The van der Waals surface area contributed by atoms with Gasteiger partial charge in [-0.3, -0.25) is 0 Å². The average Bonchev–Trinajstić information content (AvgIpc) is 2.77. The molecule has 0 radical (unpaired) electrons. The van der Waals surface area contributed by atoms with Crippen LogP contribution in [0.4, 0.5) is 4.39 Å². The Labute approximate surface area is 125 Å². The number of aromatic nitrogens is 2. The van der Waals surface area contributed by atoms with Crippen LogP contribution in [0.25, 0.3) is 22.4 Å². The highest BCUT2D eigenvalue weighted by Gasteiger charge is 2.11. The first kappa shape index (κ1) is 12.1. The zero-order chi connectivity index (χ0) is 12.7. The normalized spacial score (nSPS) is 11.1. The quantitative estimate of drug-likeness (QED) is 0.450. The van der Waals surface area contributed by atoms with Crippen molar-refractivity contribution in [1.29, 1.82) is 0 Å². The lowest BCUT2D eigenvalue weighted by atomic mass is 10.2. The van der Waals surface area contributed by atoms with Crippen molar-refractivity contribution in [3.05, 3.63) is 50.3 Å². The minimum Gasteiger partial charge on any atom is -0.338 e. The fourth-order valence-electron chi connectivity index (χ4n) is 1.78. The molecule has 2 nitrogen and oxygen atoms in total. The van der Waals surface area contributed by atoms with Crippen molar-refractivity contribution in [3.63, 3.8) is 0 Å². The van der Waals surface area contributed by atoms with Gasteiger partial charge >= 0.3 is 0 Å². The van der Waals surface area contributed by atoms with Gasteiger partial charge < -0.3 is 4.98 Å². The van der Waals surface area contributed by atoms with E-state index >= 15 is 0 Å². The SMILES string of the molecule is Fc1cc(-c2nc3ccccc3[nH]2)c(Br)cc1I. The predicted molar refractivity (Wildman–Crippen MR) is 81.9 cm³/mol. The molecule has 90 valence electrons. The lowest BCUT2D eigenvalue weighted by molar-refractivity contribution is 0.620. The second-order valence-corrected chi connectivity index (χ2v) is 5.87. The van der Waals surface area contributed by atoms with E-state index in [2.05, 4.69) is 25.9 Å². The lowest BCUT2D eigenvalue weighted by Crippen LogP contribution is -1.88. The minimum atomic E-state index is -0.241. The molecule has 0 bridgehead atoms. The Hall–Kier alpha value is -0.950. The Kier molecular flexibility index (Phi) is 3.11. The number of rotatable bonds is 1. The summed E-state index contributed by atoms with van der Waals surface area (Å²) < 4.78 is 15.0. The van der Waals surface area contributed by atoms with Gasteiger partial charge in [-0.1, -0.05) is 12.1 Å². The second-order valence-electron chi connectivity index (χ2n) is 3.85. The third-order valence-electron chi connectivity index (χ3n) is 2.65. The number of halogens is 3. The molecule has 0 atom stereocenters. The fourth-order valence-corrected chi connectivity index (χ4v) is 3.21. The van der Waals surface area contributed by atoms with Crippen molar-refractivity contribution in [2.24, 2.45) is 0 Å². The van der Waals surface area contributed by atoms with E-state index in [1.165, 1.54) is 6.07 Å². The molecule has 0 aliphatic rings. The highest BCUT2D eigenvalue weighted by molar-refractivity contribution is 14.1. The maximum atomic E-state index is 13.6. The van der Waals surface area contributed by atoms with E-state index < -0.39 is 0 Å². The molecule has 0 unspecified atom stereocenters. The molecule has 3 rings (SSSR count). The number of para-hydroxylation sites is 2. The summed E-state index contributed by atoms with van der Waals surface area (Å²) in [5.41, 5.74) is 2.54. The molecular formula is C13H7BrFIN2. The monoisotopic (exact) mass is 416 g/mol. The topological polar surface area (TPSA) is 28.7 Å². The first-order chi connectivity index (χ1) is 8.65. The van der Waals surface area contributed by atoms with Crippen LogP contribution in [0, 0.1) is 9.39 Å². The summed E-state index contributed by atoms with van der Waals surface area (Å²) >= 11 is 5.41. The van der Waals surface area contributed by atoms with Gasteiger partial charge in [0.2, 0.25) is 0 Å². The highest BCUT2D eigenvalue weighted by Crippen LogP contribution is 2.30. The second kappa shape index (κ2) is 4.62. The van der Waals surface area contributed by atoms with Crippen molar-refractivity contribution >= 4 is 49.6 Å². The van der Waals surface area contributed by atoms with Crippen LogP contribution in [0.2, 0.25) is 0 Å². The molecule has 0 amide bonds. The van der Waals surface area contributed by atoms with Gasteiger partial charge in [0.15, 0.2) is 0 Å². The first-order valence-corrected chi connectivity index (χ1v) is 7.12. The summed E-state index contributed by atoms with van der Waals surface area (Å²) in [6, 6.07) is 11.0. The third-order valence-corrected chi connectivity index (χ3v) is 4.14. The number of fused-ring (bicyclic) bond motifs is 1. The van der Waals surface area contributed by atoms with Crippen LogP contribution in [0.5, 0.6) is 0 Å². The van der Waals surface area contributed by atoms with Gasteiger partial charge in [-0.25, -0.2) is 9.37 Å².